The number of nitrogens with zero attached hydrogens (tertiary/aromatic N) is 4. The van der Waals surface area contributed by atoms with Crippen LogP contribution in [-0.2, 0) is 6.54 Å². The predicted octanol–water partition coefficient (Wildman–Crippen LogP) is 1.54. The van der Waals surface area contributed by atoms with E-state index in [4.69, 9.17) is 0 Å². The molecule has 0 N–H and O–H groups in total. The van der Waals surface area contributed by atoms with Gasteiger partial charge in [0.05, 0.1) is 12.7 Å². The SMILES string of the molecule is CC(C)N1CCCCC1Cn1ccnn1. The summed E-state index contributed by atoms with van der Waals surface area (Å²) in [6, 6.07) is 1.28. The Hall–Kier alpha value is -0.900. The smallest absolute Gasteiger partial charge is 0.0692 e. The van der Waals surface area contributed by atoms with Crippen LogP contribution in [0.3, 0.4) is 0 Å². The van der Waals surface area contributed by atoms with Gasteiger partial charge in [-0.05, 0) is 33.2 Å². The molecule has 2 rings (SSSR count). The largest absolute Gasteiger partial charge is 0.296 e. The van der Waals surface area contributed by atoms with Gasteiger partial charge in [0.25, 0.3) is 0 Å². The van der Waals surface area contributed by atoms with Gasteiger partial charge in [0, 0.05) is 18.3 Å². The van der Waals surface area contributed by atoms with Crippen LogP contribution >= 0.6 is 0 Å². The summed E-state index contributed by atoms with van der Waals surface area (Å²) in [5.74, 6) is 0. The highest BCUT2D eigenvalue weighted by molar-refractivity contribution is 4.80. The third kappa shape index (κ3) is 2.56. The fraction of sp³-hybridized carbons (Fsp3) is 0.818. The Bertz CT molecular complexity index is 281. The molecule has 1 atom stereocenters. The molecule has 0 saturated carbocycles. The monoisotopic (exact) mass is 208 g/mol. The lowest BCUT2D eigenvalue weighted by molar-refractivity contribution is 0.0961. The molecule has 1 aromatic heterocycles. The van der Waals surface area contributed by atoms with E-state index in [0.717, 1.165) is 6.54 Å². The Kier molecular flexibility index (Phi) is 3.36. The molecule has 2 heterocycles. The molecule has 1 aliphatic heterocycles. The van der Waals surface area contributed by atoms with E-state index in [0.29, 0.717) is 12.1 Å². The van der Waals surface area contributed by atoms with Gasteiger partial charge in [-0.1, -0.05) is 11.6 Å². The van der Waals surface area contributed by atoms with E-state index in [-0.39, 0.29) is 0 Å². The molecule has 84 valence electrons. The molecule has 0 radical (unpaired) electrons. The van der Waals surface area contributed by atoms with E-state index >= 15 is 0 Å². The highest BCUT2D eigenvalue weighted by Gasteiger charge is 2.24. The van der Waals surface area contributed by atoms with E-state index in [1.165, 1.54) is 25.8 Å². The summed E-state index contributed by atoms with van der Waals surface area (Å²) in [6.07, 6.45) is 7.68. The van der Waals surface area contributed by atoms with Crippen molar-refractivity contribution in [2.45, 2.75) is 51.7 Å². The summed E-state index contributed by atoms with van der Waals surface area (Å²) in [5.41, 5.74) is 0. The molecule has 0 bridgehead atoms. The van der Waals surface area contributed by atoms with Gasteiger partial charge in [-0.2, -0.15) is 0 Å². The van der Waals surface area contributed by atoms with Gasteiger partial charge in [-0.15, -0.1) is 5.10 Å². The predicted molar refractivity (Wildman–Crippen MR) is 59.5 cm³/mol. The Labute approximate surface area is 91.3 Å². The molecular weight excluding hydrogens is 188 g/mol. The zero-order valence-corrected chi connectivity index (χ0v) is 9.63. The van der Waals surface area contributed by atoms with Gasteiger partial charge < -0.3 is 0 Å². The van der Waals surface area contributed by atoms with Crippen molar-refractivity contribution in [2.75, 3.05) is 6.54 Å². The lowest BCUT2D eigenvalue weighted by Crippen LogP contribution is -2.46. The minimum atomic E-state index is 0.638. The van der Waals surface area contributed by atoms with E-state index in [9.17, 15) is 0 Å². The van der Waals surface area contributed by atoms with Gasteiger partial charge in [0.15, 0.2) is 0 Å². The Morgan fingerprint density at radius 3 is 2.93 bits per heavy atom. The molecule has 15 heavy (non-hydrogen) atoms. The first-order valence-electron chi connectivity index (χ1n) is 5.87. The van der Waals surface area contributed by atoms with Gasteiger partial charge in [-0.3, -0.25) is 9.58 Å². The van der Waals surface area contributed by atoms with Crippen LogP contribution in [0.2, 0.25) is 0 Å². The molecule has 1 saturated heterocycles. The average molecular weight is 208 g/mol. The number of piperidine rings is 1. The lowest BCUT2D eigenvalue weighted by Gasteiger charge is -2.38. The van der Waals surface area contributed by atoms with Crippen molar-refractivity contribution in [1.82, 2.24) is 19.9 Å². The van der Waals surface area contributed by atoms with Crippen molar-refractivity contribution in [2.24, 2.45) is 0 Å². The topological polar surface area (TPSA) is 34.0 Å². The van der Waals surface area contributed by atoms with Gasteiger partial charge in [0.1, 0.15) is 0 Å². The van der Waals surface area contributed by atoms with Crippen molar-refractivity contribution in [1.29, 1.82) is 0 Å². The van der Waals surface area contributed by atoms with Crippen molar-refractivity contribution >= 4 is 0 Å². The summed E-state index contributed by atoms with van der Waals surface area (Å²) in [6.45, 7) is 6.77. The molecule has 1 unspecified atom stereocenters. The maximum Gasteiger partial charge on any atom is 0.0692 e. The fourth-order valence-corrected chi connectivity index (χ4v) is 2.44. The van der Waals surface area contributed by atoms with Gasteiger partial charge in [-0.25, -0.2) is 0 Å². The van der Waals surface area contributed by atoms with E-state index in [1.54, 1.807) is 6.20 Å². The molecular formula is C11H20N4. The first-order chi connectivity index (χ1) is 7.27. The molecule has 0 amide bonds. The highest BCUT2D eigenvalue weighted by atomic mass is 15.4. The van der Waals surface area contributed by atoms with E-state index in [2.05, 4.69) is 29.1 Å². The Morgan fingerprint density at radius 2 is 2.27 bits per heavy atom. The summed E-state index contributed by atoms with van der Waals surface area (Å²) < 4.78 is 1.95. The van der Waals surface area contributed by atoms with Crippen LogP contribution in [0.15, 0.2) is 12.4 Å². The molecule has 1 aromatic rings. The van der Waals surface area contributed by atoms with Crippen molar-refractivity contribution in [3.63, 3.8) is 0 Å². The number of hydrogen-bond acceptors (Lipinski definition) is 3. The quantitative estimate of drug-likeness (QED) is 0.755. The second kappa shape index (κ2) is 4.75. The highest BCUT2D eigenvalue weighted by Crippen LogP contribution is 2.20. The summed E-state index contributed by atoms with van der Waals surface area (Å²) in [7, 11) is 0. The maximum absolute atomic E-state index is 4.04. The molecule has 0 aromatic carbocycles. The zero-order valence-electron chi connectivity index (χ0n) is 9.63. The van der Waals surface area contributed by atoms with E-state index in [1.807, 2.05) is 10.9 Å². The number of hydrogen-bond donors (Lipinski definition) is 0. The summed E-state index contributed by atoms with van der Waals surface area (Å²) in [5, 5.41) is 7.90. The molecule has 4 nitrogen and oxygen atoms in total. The zero-order chi connectivity index (χ0) is 10.7. The first kappa shape index (κ1) is 10.6. The minimum absolute atomic E-state index is 0.638. The molecule has 1 fully saturated rings. The van der Waals surface area contributed by atoms with Crippen molar-refractivity contribution < 1.29 is 0 Å². The van der Waals surface area contributed by atoms with Gasteiger partial charge in [0.2, 0.25) is 0 Å². The van der Waals surface area contributed by atoms with Crippen LogP contribution in [0.25, 0.3) is 0 Å². The first-order valence-corrected chi connectivity index (χ1v) is 5.87. The Balaban J connectivity index is 1.99. The van der Waals surface area contributed by atoms with E-state index < -0.39 is 0 Å². The maximum atomic E-state index is 4.04. The van der Waals surface area contributed by atoms with Crippen LogP contribution in [0.1, 0.15) is 33.1 Å². The second-order valence-corrected chi connectivity index (χ2v) is 4.61. The van der Waals surface area contributed by atoms with Crippen LogP contribution < -0.4 is 0 Å². The minimum Gasteiger partial charge on any atom is -0.296 e. The normalized spacial score (nSPS) is 23.5. The standard InChI is InChI=1S/C11H20N4/c1-10(2)15-7-4-3-5-11(15)9-14-8-6-12-13-14/h6,8,10-11H,3-5,7,9H2,1-2H3. The Morgan fingerprint density at radius 1 is 1.40 bits per heavy atom. The molecule has 0 aliphatic carbocycles. The molecule has 4 heteroatoms. The second-order valence-electron chi connectivity index (χ2n) is 4.61. The molecule has 1 aliphatic rings. The number of aromatic nitrogens is 3. The van der Waals surface area contributed by atoms with Crippen LogP contribution in [0.4, 0.5) is 0 Å². The number of likely N-dealkylation sites (tertiary alicyclic amines) is 1. The van der Waals surface area contributed by atoms with Crippen molar-refractivity contribution in [3.05, 3.63) is 12.4 Å². The van der Waals surface area contributed by atoms with Gasteiger partial charge >= 0.3 is 0 Å². The number of rotatable bonds is 3. The van der Waals surface area contributed by atoms with Crippen LogP contribution in [-0.4, -0.2) is 38.5 Å². The van der Waals surface area contributed by atoms with Crippen molar-refractivity contribution in [3.8, 4) is 0 Å². The summed E-state index contributed by atoms with van der Waals surface area (Å²) >= 11 is 0. The lowest BCUT2D eigenvalue weighted by atomic mass is 10.0. The average Bonchev–Trinajstić information content (AvgIpc) is 2.71. The fourth-order valence-electron chi connectivity index (χ4n) is 2.44. The summed E-state index contributed by atoms with van der Waals surface area (Å²) in [4.78, 5) is 2.59. The van der Waals surface area contributed by atoms with Crippen LogP contribution in [0, 0.1) is 0 Å². The molecule has 0 spiro atoms. The third-order valence-corrected chi connectivity index (χ3v) is 3.21. The third-order valence-electron chi connectivity index (χ3n) is 3.21. The van der Waals surface area contributed by atoms with Crippen LogP contribution in [0.5, 0.6) is 0 Å².